The van der Waals surface area contributed by atoms with Gasteiger partial charge in [-0.05, 0) is 62.2 Å². The lowest BCUT2D eigenvalue weighted by Crippen LogP contribution is -2.54. The molecule has 4 rings (SSSR count). The quantitative estimate of drug-likeness (QED) is 0.211. The average Bonchev–Trinajstić information content (AvgIpc) is 2.98. The van der Waals surface area contributed by atoms with Crippen molar-refractivity contribution >= 4 is 39.1 Å². The minimum Gasteiger partial charge on any atom is -0.352 e. The largest absolute Gasteiger partial charge is 0.352 e. The second-order valence-electron chi connectivity index (χ2n) is 10.7. The van der Waals surface area contributed by atoms with E-state index in [4.69, 9.17) is 11.6 Å². The van der Waals surface area contributed by atoms with Crippen molar-refractivity contribution in [1.29, 1.82) is 0 Å². The van der Waals surface area contributed by atoms with Gasteiger partial charge in [0, 0.05) is 24.0 Å². The topological polar surface area (TPSA) is 86.8 Å². The number of carbonyl (C=O) groups is 2. The number of aryl methyl sites for hydroxylation is 1. The van der Waals surface area contributed by atoms with Gasteiger partial charge in [0.15, 0.2) is 0 Å². The van der Waals surface area contributed by atoms with E-state index in [2.05, 4.69) is 5.32 Å². The van der Waals surface area contributed by atoms with E-state index in [1.807, 2.05) is 81.4 Å². The van der Waals surface area contributed by atoms with Crippen LogP contribution in [0.3, 0.4) is 0 Å². The zero-order chi connectivity index (χ0) is 31.0. The van der Waals surface area contributed by atoms with Crippen LogP contribution in [0.15, 0.2) is 114 Å². The summed E-state index contributed by atoms with van der Waals surface area (Å²) in [4.78, 5) is 29.6. The summed E-state index contributed by atoms with van der Waals surface area (Å²) in [5.41, 5.74) is 2.82. The summed E-state index contributed by atoms with van der Waals surface area (Å²) < 4.78 is 29.1. The molecule has 4 aromatic rings. The molecule has 1 N–H and O–H groups in total. The van der Waals surface area contributed by atoms with E-state index in [9.17, 15) is 18.0 Å². The summed E-state index contributed by atoms with van der Waals surface area (Å²) in [6.45, 7) is 5.15. The molecule has 2 amide bonds. The van der Waals surface area contributed by atoms with Gasteiger partial charge >= 0.3 is 0 Å². The summed E-state index contributed by atoms with van der Waals surface area (Å²) in [6, 6.07) is 30.6. The van der Waals surface area contributed by atoms with Crippen molar-refractivity contribution in [3.05, 3.63) is 131 Å². The third-order valence-corrected chi connectivity index (χ3v) is 8.90. The maximum absolute atomic E-state index is 14.4. The Labute approximate surface area is 259 Å². The van der Waals surface area contributed by atoms with Gasteiger partial charge in [0.05, 0.1) is 10.6 Å². The fraction of sp³-hybridized carbons (Fsp3) is 0.235. The SMILES string of the molecule is Cc1ccc(S(=O)(=O)N(CC(=O)N(Cc2ccccc2)[C@@H](Cc2ccccc2)C(=O)NC(C)C)c2cccc(Cl)c2)cc1. The highest BCUT2D eigenvalue weighted by Crippen LogP contribution is 2.27. The van der Waals surface area contributed by atoms with Crippen molar-refractivity contribution < 1.29 is 18.0 Å². The maximum Gasteiger partial charge on any atom is 0.264 e. The molecular formula is C34H36ClN3O4S. The van der Waals surface area contributed by atoms with Crippen molar-refractivity contribution in [2.24, 2.45) is 0 Å². The molecule has 9 heteroatoms. The molecule has 0 saturated heterocycles. The highest BCUT2D eigenvalue weighted by molar-refractivity contribution is 7.92. The van der Waals surface area contributed by atoms with Gasteiger partial charge < -0.3 is 10.2 Å². The molecule has 0 heterocycles. The molecule has 0 fully saturated rings. The molecule has 7 nitrogen and oxygen atoms in total. The van der Waals surface area contributed by atoms with Gasteiger partial charge in [-0.3, -0.25) is 13.9 Å². The zero-order valence-electron chi connectivity index (χ0n) is 24.5. The minimum absolute atomic E-state index is 0.0406. The van der Waals surface area contributed by atoms with Crippen molar-refractivity contribution in [2.45, 2.75) is 50.7 Å². The Balaban J connectivity index is 1.79. The van der Waals surface area contributed by atoms with Crippen LogP contribution in [0.1, 0.15) is 30.5 Å². The number of nitrogens with one attached hydrogen (secondary N) is 1. The molecule has 0 aliphatic carbocycles. The Bertz CT molecular complexity index is 1630. The van der Waals surface area contributed by atoms with Crippen LogP contribution >= 0.6 is 11.6 Å². The van der Waals surface area contributed by atoms with E-state index >= 15 is 0 Å². The van der Waals surface area contributed by atoms with Gasteiger partial charge in [0.25, 0.3) is 10.0 Å². The van der Waals surface area contributed by atoms with Crippen LogP contribution < -0.4 is 9.62 Å². The van der Waals surface area contributed by atoms with E-state index in [-0.39, 0.29) is 35.5 Å². The lowest BCUT2D eigenvalue weighted by Gasteiger charge is -2.34. The fourth-order valence-corrected chi connectivity index (χ4v) is 6.30. The molecule has 43 heavy (non-hydrogen) atoms. The van der Waals surface area contributed by atoms with Crippen molar-refractivity contribution in [3.8, 4) is 0 Å². The molecule has 224 valence electrons. The average molecular weight is 618 g/mol. The number of hydrogen-bond acceptors (Lipinski definition) is 4. The van der Waals surface area contributed by atoms with E-state index in [1.54, 1.807) is 30.3 Å². The first-order chi connectivity index (χ1) is 20.5. The van der Waals surface area contributed by atoms with Crippen molar-refractivity contribution in [2.75, 3.05) is 10.8 Å². The normalized spacial score (nSPS) is 12.0. The van der Waals surface area contributed by atoms with Gasteiger partial charge in [0.2, 0.25) is 11.8 Å². The molecule has 0 bridgehead atoms. The highest BCUT2D eigenvalue weighted by Gasteiger charge is 2.34. The number of hydrogen-bond donors (Lipinski definition) is 1. The van der Waals surface area contributed by atoms with Gasteiger partial charge in [-0.1, -0.05) is 96.0 Å². The van der Waals surface area contributed by atoms with Gasteiger partial charge in [-0.25, -0.2) is 8.42 Å². The minimum atomic E-state index is -4.19. The van der Waals surface area contributed by atoms with Gasteiger partial charge in [-0.15, -0.1) is 0 Å². The number of benzene rings is 4. The second-order valence-corrected chi connectivity index (χ2v) is 13.0. The van der Waals surface area contributed by atoms with E-state index in [0.29, 0.717) is 5.02 Å². The first-order valence-corrected chi connectivity index (χ1v) is 15.9. The third kappa shape index (κ3) is 8.46. The molecule has 0 aliphatic rings. The molecule has 1 atom stereocenters. The molecular weight excluding hydrogens is 582 g/mol. The summed E-state index contributed by atoms with van der Waals surface area (Å²) in [7, 11) is -4.19. The molecule has 0 aromatic heterocycles. The number of anilines is 1. The predicted octanol–water partition coefficient (Wildman–Crippen LogP) is 6.01. The molecule has 0 saturated carbocycles. The predicted molar refractivity (Wildman–Crippen MR) is 171 cm³/mol. The molecule has 0 spiro atoms. The molecule has 4 aromatic carbocycles. The van der Waals surface area contributed by atoms with Crippen LogP contribution in [0.5, 0.6) is 0 Å². The summed E-state index contributed by atoms with van der Waals surface area (Å²) >= 11 is 6.27. The van der Waals surface area contributed by atoms with E-state index < -0.39 is 28.5 Å². The van der Waals surface area contributed by atoms with Gasteiger partial charge in [-0.2, -0.15) is 0 Å². The zero-order valence-corrected chi connectivity index (χ0v) is 26.1. The van der Waals surface area contributed by atoms with E-state index in [0.717, 1.165) is 21.0 Å². The Morgan fingerprint density at radius 2 is 1.42 bits per heavy atom. The maximum atomic E-state index is 14.4. The number of carbonyl (C=O) groups excluding carboxylic acids is 2. The second kappa shape index (κ2) is 14.4. The lowest BCUT2D eigenvalue weighted by atomic mass is 10.0. The number of halogens is 1. The molecule has 0 radical (unpaired) electrons. The van der Waals surface area contributed by atoms with Crippen LogP contribution in [-0.4, -0.2) is 43.8 Å². The number of sulfonamides is 1. The Morgan fingerprint density at radius 3 is 2.00 bits per heavy atom. The van der Waals surface area contributed by atoms with Crippen molar-refractivity contribution in [1.82, 2.24) is 10.2 Å². The van der Waals surface area contributed by atoms with Crippen LogP contribution in [0.4, 0.5) is 5.69 Å². The summed E-state index contributed by atoms with van der Waals surface area (Å²) in [6.07, 6.45) is 0.250. The summed E-state index contributed by atoms with van der Waals surface area (Å²) in [5.74, 6) is -0.849. The van der Waals surface area contributed by atoms with Crippen LogP contribution in [0.25, 0.3) is 0 Å². The number of amides is 2. The lowest BCUT2D eigenvalue weighted by molar-refractivity contribution is -0.140. The number of nitrogens with zero attached hydrogens (tertiary/aromatic N) is 2. The Morgan fingerprint density at radius 1 is 0.814 bits per heavy atom. The van der Waals surface area contributed by atoms with Crippen molar-refractivity contribution in [3.63, 3.8) is 0 Å². The molecule has 0 aliphatic heterocycles. The van der Waals surface area contributed by atoms with Crippen LogP contribution in [0, 0.1) is 6.92 Å². The van der Waals surface area contributed by atoms with Crippen LogP contribution in [-0.2, 0) is 32.6 Å². The Hall–Kier alpha value is -4.14. The smallest absolute Gasteiger partial charge is 0.264 e. The highest BCUT2D eigenvalue weighted by atomic mass is 35.5. The Kier molecular flexibility index (Phi) is 10.6. The molecule has 0 unspecified atom stereocenters. The third-order valence-electron chi connectivity index (χ3n) is 6.88. The number of rotatable bonds is 12. The van der Waals surface area contributed by atoms with Crippen LogP contribution in [0.2, 0.25) is 5.02 Å². The van der Waals surface area contributed by atoms with E-state index in [1.165, 1.54) is 23.1 Å². The van der Waals surface area contributed by atoms with Gasteiger partial charge in [0.1, 0.15) is 12.6 Å². The first-order valence-electron chi connectivity index (χ1n) is 14.1. The summed E-state index contributed by atoms with van der Waals surface area (Å²) in [5, 5.41) is 3.28. The standard InChI is InChI=1S/C34H36ClN3O4S/c1-25(2)36-34(40)32(21-27-11-6-4-7-12-27)37(23-28-13-8-5-9-14-28)33(39)24-38(30-16-10-15-29(35)22-30)43(41,42)31-19-17-26(3)18-20-31/h4-20,22,25,32H,21,23-24H2,1-3H3,(H,36,40)/t32-/m0/s1. The monoisotopic (exact) mass is 617 g/mol. The first kappa shape index (κ1) is 31.8. The fourth-order valence-electron chi connectivity index (χ4n) is 4.71.